The monoisotopic (exact) mass is 200 g/mol. The van der Waals surface area contributed by atoms with Crippen molar-refractivity contribution in [2.45, 2.75) is 20.4 Å². The smallest absolute Gasteiger partial charge is 0.0393 e. The maximum atomic E-state index is 5.96. The number of fused-ring (bicyclic) bond motifs is 1. The maximum Gasteiger partial charge on any atom is 0.0393 e. The lowest BCUT2D eigenvalue weighted by molar-refractivity contribution is 1.05. The van der Waals surface area contributed by atoms with Crippen LogP contribution in [0.2, 0.25) is 0 Å². The molecule has 2 nitrogen and oxygen atoms in total. The van der Waals surface area contributed by atoms with E-state index in [0.717, 1.165) is 11.1 Å². The molecular formula is C13H16N2. The van der Waals surface area contributed by atoms with Crippen LogP contribution < -0.4 is 11.5 Å². The lowest BCUT2D eigenvalue weighted by Crippen LogP contribution is -2.02. The van der Waals surface area contributed by atoms with E-state index < -0.39 is 0 Å². The molecule has 2 aromatic rings. The quantitative estimate of drug-likeness (QED) is 0.695. The highest BCUT2D eigenvalue weighted by Crippen LogP contribution is 2.28. The average molecular weight is 200 g/mol. The van der Waals surface area contributed by atoms with Crippen LogP contribution in [0.1, 0.15) is 16.7 Å². The molecule has 0 aromatic heterocycles. The molecule has 78 valence electrons. The molecule has 0 atom stereocenters. The van der Waals surface area contributed by atoms with Crippen molar-refractivity contribution in [2.24, 2.45) is 5.73 Å². The Labute approximate surface area is 89.9 Å². The number of aryl methyl sites for hydroxylation is 1. The van der Waals surface area contributed by atoms with Crippen LogP contribution in [-0.4, -0.2) is 0 Å². The third-order valence-electron chi connectivity index (χ3n) is 3.13. The summed E-state index contributed by atoms with van der Waals surface area (Å²) in [6.45, 7) is 4.80. The van der Waals surface area contributed by atoms with Gasteiger partial charge in [-0.25, -0.2) is 0 Å². The molecule has 2 aromatic carbocycles. The van der Waals surface area contributed by atoms with E-state index in [0.29, 0.717) is 6.54 Å². The van der Waals surface area contributed by atoms with Crippen LogP contribution in [0.15, 0.2) is 24.3 Å². The first-order valence-corrected chi connectivity index (χ1v) is 5.12. The summed E-state index contributed by atoms with van der Waals surface area (Å²) in [4.78, 5) is 0. The maximum absolute atomic E-state index is 5.96. The summed E-state index contributed by atoms with van der Waals surface area (Å²) in [5.74, 6) is 0. The van der Waals surface area contributed by atoms with Gasteiger partial charge in [0.25, 0.3) is 0 Å². The van der Waals surface area contributed by atoms with Crippen molar-refractivity contribution in [3.63, 3.8) is 0 Å². The minimum absolute atomic E-state index is 0.566. The summed E-state index contributed by atoms with van der Waals surface area (Å²) in [7, 11) is 0. The standard InChI is InChI=1S/C13H16N2/c1-8-9(2)11-4-3-5-13(15)12(11)6-10(8)7-14/h3-6H,7,14-15H2,1-2H3. The van der Waals surface area contributed by atoms with Crippen molar-refractivity contribution in [3.8, 4) is 0 Å². The fourth-order valence-corrected chi connectivity index (χ4v) is 2.01. The highest BCUT2D eigenvalue weighted by Gasteiger charge is 2.06. The van der Waals surface area contributed by atoms with Gasteiger partial charge in [0.15, 0.2) is 0 Å². The molecule has 0 fully saturated rings. The lowest BCUT2D eigenvalue weighted by Gasteiger charge is -2.12. The zero-order chi connectivity index (χ0) is 11.0. The van der Waals surface area contributed by atoms with Crippen molar-refractivity contribution in [1.29, 1.82) is 0 Å². The van der Waals surface area contributed by atoms with Crippen LogP contribution in [0.25, 0.3) is 10.8 Å². The van der Waals surface area contributed by atoms with E-state index >= 15 is 0 Å². The molecule has 2 heteroatoms. The highest BCUT2D eigenvalue weighted by molar-refractivity contribution is 5.96. The lowest BCUT2D eigenvalue weighted by atomic mass is 9.95. The molecular weight excluding hydrogens is 184 g/mol. The zero-order valence-corrected chi connectivity index (χ0v) is 9.17. The topological polar surface area (TPSA) is 52.0 Å². The molecule has 0 radical (unpaired) electrons. The molecule has 0 unspecified atom stereocenters. The van der Waals surface area contributed by atoms with Crippen molar-refractivity contribution in [3.05, 3.63) is 41.0 Å². The highest BCUT2D eigenvalue weighted by atomic mass is 14.6. The molecule has 0 saturated carbocycles. The second-order valence-electron chi connectivity index (χ2n) is 3.93. The van der Waals surface area contributed by atoms with Crippen LogP contribution in [0.4, 0.5) is 5.69 Å². The number of benzene rings is 2. The van der Waals surface area contributed by atoms with Crippen molar-refractivity contribution < 1.29 is 0 Å². The minimum atomic E-state index is 0.566. The van der Waals surface area contributed by atoms with Gasteiger partial charge in [0.1, 0.15) is 0 Å². The second-order valence-corrected chi connectivity index (χ2v) is 3.93. The minimum Gasteiger partial charge on any atom is -0.398 e. The number of rotatable bonds is 1. The molecule has 0 spiro atoms. The summed E-state index contributed by atoms with van der Waals surface area (Å²) >= 11 is 0. The van der Waals surface area contributed by atoms with Crippen molar-refractivity contribution >= 4 is 16.5 Å². The summed E-state index contributed by atoms with van der Waals surface area (Å²) in [5.41, 5.74) is 16.2. The first-order chi connectivity index (χ1) is 7.15. The van der Waals surface area contributed by atoms with Gasteiger partial charge in [-0.2, -0.15) is 0 Å². The Balaban J connectivity index is 2.91. The molecule has 0 aliphatic heterocycles. The fraction of sp³-hybridized carbons (Fsp3) is 0.231. The van der Waals surface area contributed by atoms with E-state index in [9.17, 15) is 0 Å². The third kappa shape index (κ3) is 1.47. The van der Waals surface area contributed by atoms with Gasteiger partial charge in [-0.1, -0.05) is 12.1 Å². The Kier molecular flexibility index (Phi) is 2.37. The van der Waals surface area contributed by atoms with Crippen molar-refractivity contribution in [1.82, 2.24) is 0 Å². The van der Waals surface area contributed by atoms with Gasteiger partial charge in [-0.05, 0) is 48.1 Å². The van der Waals surface area contributed by atoms with Gasteiger partial charge in [0.05, 0.1) is 0 Å². The Morgan fingerprint density at radius 2 is 1.80 bits per heavy atom. The molecule has 0 aliphatic rings. The molecule has 0 amide bonds. The summed E-state index contributed by atoms with van der Waals surface area (Å²) in [6.07, 6.45) is 0. The third-order valence-corrected chi connectivity index (χ3v) is 3.13. The van der Waals surface area contributed by atoms with Gasteiger partial charge in [0.2, 0.25) is 0 Å². The Morgan fingerprint density at radius 1 is 1.07 bits per heavy atom. The van der Waals surface area contributed by atoms with Gasteiger partial charge < -0.3 is 11.5 Å². The number of hydrogen-bond acceptors (Lipinski definition) is 2. The molecule has 0 heterocycles. The first-order valence-electron chi connectivity index (χ1n) is 5.12. The second kappa shape index (κ2) is 3.55. The average Bonchev–Trinajstić information content (AvgIpc) is 2.24. The van der Waals surface area contributed by atoms with Crippen LogP contribution >= 0.6 is 0 Å². The summed E-state index contributed by atoms with van der Waals surface area (Å²) in [5, 5.41) is 2.34. The van der Waals surface area contributed by atoms with Gasteiger partial charge in [0, 0.05) is 17.6 Å². The predicted molar refractivity (Wildman–Crippen MR) is 65.7 cm³/mol. The van der Waals surface area contributed by atoms with E-state index in [4.69, 9.17) is 11.5 Å². The van der Waals surface area contributed by atoms with E-state index in [1.165, 1.54) is 22.1 Å². The Hall–Kier alpha value is -1.54. The SMILES string of the molecule is Cc1c(CN)cc2c(N)cccc2c1C. The van der Waals surface area contributed by atoms with E-state index in [2.05, 4.69) is 26.0 Å². The summed E-state index contributed by atoms with van der Waals surface area (Å²) < 4.78 is 0. The van der Waals surface area contributed by atoms with E-state index in [1.54, 1.807) is 0 Å². The van der Waals surface area contributed by atoms with Crippen LogP contribution in [0.5, 0.6) is 0 Å². The van der Waals surface area contributed by atoms with Crippen LogP contribution in [0, 0.1) is 13.8 Å². The molecule has 4 N–H and O–H groups in total. The fourth-order valence-electron chi connectivity index (χ4n) is 2.01. The molecule has 15 heavy (non-hydrogen) atoms. The molecule has 0 aliphatic carbocycles. The molecule has 0 saturated heterocycles. The van der Waals surface area contributed by atoms with Crippen molar-refractivity contribution in [2.75, 3.05) is 5.73 Å². The number of hydrogen-bond donors (Lipinski definition) is 2. The largest absolute Gasteiger partial charge is 0.398 e. The first kappa shape index (κ1) is 9.99. The van der Waals surface area contributed by atoms with Gasteiger partial charge in [-0.15, -0.1) is 0 Å². The Morgan fingerprint density at radius 3 is 2.47 bits per heavy atom. The summed E-state index contributed by atoms with van der Waals surface area (Å²) in [6, 6.07) is 8.13. The number of nitrogen functional groups attached to an aromatic ring is 1. The zero-order valence-electron chi connectivity index (χ0n) is 9.17. The predicted octanol–water partition coefficient (Wildman–Crippen LogP) is 2.50. The number of anilines is 1. The van der Waals surface area contributed by atoms with Gasteiger partial charge in [-0.3, -0.25) is 0 Å². The normalized spacial score (nSPS) is 10.9. The van der Waals surface area contributed by atoms with Crippen LogP contribution in [0.3, 0.4) is 0 Å². The van der Waals surface area contributed by atoms with Gasteiger partial charge >= 0.3 is 0 Å². The van der Waals surface area contributed by atoms with E-state index in [1.807, 2.05) is 12.1 Å². The molecule has 0 bridgehead atoms. The Bertz CT molecular complexity index is 515. The van der Waals surface area contributed by atoms with Crippen LogP contribution in [-0.2, 0) is 6.54 Å². The number of nitrogens with two attached hydrogens (primary N) is 2. The molecule has 2 rings (SSSR count). The van der Waals surface area contributed by atoms with E-state index in [-0.39, 0.29) is 0 Å².